The predicted molar refractivity (Wildman–Crippen MR) is 95.9 cm³/mol. The van der Waals surface area contributed by atoms with E-state index in [-0.39, 0.29) is 5.56 Å². The van der Waals surface area contributed by atoms with E-state index >= 15 is 0 Å². The molecule has 23 heavy (non-hydrogen) atoms. The zero-order valence-electron chi connectivity index (χ0n) is 13.0. The fourth-order valence-corrected chi connectivity index (χ4v) is 2.80. The Labute approximate surface area is 138 Å². The van der Waals surface area contributed by atoms with Crippen LogP contribution in [0.1, 0.15) is 16.7 Å². The fourth-order valence-electron chi connectivity index (χ4n) is 2.55. The number of fused-ring (bicyclic) bond motifs is 1. The van der Waals surface area contributed by atoms with Gasteiger partial charge in [-0.3, -0.25) is 9.93 Å². The maximum absolute atomic E-state index is 12.1. The number of hydrogen-bond donors (Lipinski definition) is 3. The normalized spacial score (nSPS) is 11.1. The molecule has 0 unspecified atom stereocenters. The Balaban J connectivity index is 2.11. The second-order valence-electron chi connectivity index (χ2n) is 5.52. The molecule has 0 atom stereocenters. The van der Waals surface area contributed by atoms with Crippen LogP contribution in [-0.4, -0.2) is 10.2 Å². The number of nitrogens with one attached hydrogen (secondary N) is 2. The molecule has 1 heterocycles. The summed E-state index contributed by atoms with van der Waals surface area (Å²) in [6.45, 7) is 4.74. The lowest BCUT2D eigenvalue weighted by molar-refractivity contribution is 0.976. The molecule has 4 N–H and O–H groups in total. The van der Waals surface area contributed by atoms with Gasteiger partial charge in [0.15, 0.2) is 0 Å². The van der Waals surface area contributed by atoms with Crippen LogP contribution in [0.25, 0.3) is 22.0 Å². The number of nitrogens with two attached hydrogens (primary N) is 1. The average Bonchev–Trinajstić information content (AvgIpc) is 2.56. The molecule has 0 aliphatic rings. The summed E-state index contributed by atoms with van der Waals surface area (Å²) >= 11 is 1.10. The molecule has 3 aromatic rings. The summed E-state index contributed by atoms with van der Waals surface area (Å²) in [5.74, 6) is 0. The van der Waals surface area contributed by atoms with E-state index in [4.69, 9.17) is 5.14 Å². The van der Waals surface area contributed by atoms with Crippen molar-refractivity contribution >= 4 is 22.9 Å². The maximum atomic E-state index is 12.1. The van der Waals surface area contributed by atoms with Gasteiger partial charge in [-0.1, -0.05) is 24.3 Å². The summed E-state index contributed by atoms with van der Waals surface area (Å²) in [6, 6.07) is 12.0. The van der Waals surface area contributed by atoms with Gasteiger partial charge in [-0.25, -0.2) is 9.82 Å². The van der Waals surface area contributed by atoms with Crippen LogP contribution in [0.3, 0.4) is 0 Å². The highest BCUT2D eigenvalue weighted by molar-refractivity contribution is 7.95. The molecule has 0 amide bonds. The first kappa shape index (κ1) is 15.7. The molecule has 0 saturated carbocycles. The number of aryl methyl sites for hydroxylation is 2. The van der Waals surface area contributed by atoms with Crippen LogP contribution in [-0.2, 0) is 6.54 Å². The molecule has 0 spiro atoms. The first-order valence-electron chi connectivity index (χ1n) is 7.27. The van der Waals surface area contributed by atoms with Gasteiger partial charge < -0.3 is 0 Å². The van der Waals surface area contributed by atoms with Crippen molar-refractivity contribution < 1.29 is 0 Å². The zero-order chi connectivity index (χ0) is 16.4. The second kappa shape index (κ2) is 6.54. The summed E-state index contributed by atoms with van der Waals surface area (Å²) in [7, 11) is 0. The lowest BCUT2D eigenvalue weighted by Gasteiger charge is -2.09. The van der Waals surface area contributed by atoms with E-state index in [1.807, 2.05) is 50.2 Å². The van der Waals surface area contributed by atoms with Gasteiger partial charge in [0, 0.05) is 29.6 Å². The number of aromatic nitrogens is 2. The predicted octanol–water partition coefficient (Wildman–Crippen LogP) is 2.82. The zero-order valence-corrected chi connectivity index (χ0v) is 13.8. The lowest BCUT2D eigenvalue weighted by Crippen LogP contribution is -2.10. The third-order valence-electron chi connectivity index (χ3n) is 3.99. The number of H-pyrrole nitrogens is 1. The van der Waals surface area contributed by atoms with Crippen molar-refractivity contribution in [1.29, 1.82) is 0 Å². The molecular weight excluding hydrogens is 308 g/mol. The summed E-state index contributed by atoms with van der Waals surface area (Å²) in [6.07, 6.45) is 0. The molecule has 5 nitrogen and oxygen atoms in total. The van der Waals surface area contributed by atoms with Gasteiger partial charge in [0.2, 0.25) is 0 Å². The van der Waals surface area contributed by atoms with Crippen LogP contribution in [0.15, 0.2) is 41.2 Å². The maximum Gasteiger partial charge on any atom is 0.272 e. The Morgan fingerprint density at radius 3 is 2.43 bits per heavy atom. The number of hydrogen-bond acceptors (Lipinski definition) is 5. The Bertz CT molecular complexity index is 903. The molecule has 2 aromatic carbocycles. The molecule has 118 valence electrons. The molecule has 3 rings (SSSR count). The lowest BCUT2D eigenvalue weighted by atomic mass is 9.99. The quantitative estimate of drug-likeness (QED) is 0.642. The molecule has 0 saturated heterocycles. The van der Waals surface area contributed by atoms with Gasteiger partial charge in [-0.2, -0.15) is 5.10 Å². The average molecular weight is 326 g/mol. The van der Waals surface area contributed by atoms with E-state index in [9.17, 15) is 4.79 Å². The molecular formula is C17H18N4OS. The van der Waals surface area contributed by atoms with Gasteiger partial charge in [0.1, 0.15) is 0 Å². The molecule has 6 heteroatoms. The summed E-state index contributed by atoms with van der Waals surface area (Å²) in [5, 5.41) is 13.8. The SMILES string of the molecule is Cc1cc2c(-c3ccc(CNSN)cc3)n[nH]c(=O)c2cc1C. The molecule has 1 aromatic heterocycles. The first-order valence-corrected chi connectivity index (χ1v) is 8.15. The Hall–Kier alpha value is -2.15. The van der Waals surface area contributed by atoms with Crippen molar-refractivity contribution in [2.24, 2.45) is 5.14 Å². The Morgan fingerprint density at radius 2 is 1.78 bits per heavy atom. The number of nitrogens with zero attached hydrogens (tertiary/aromatic N) is 1. The summed E-state index contributed by atoms with van der Waals surface area (Å²) < 4.78 is 3.01. The van der Waals surface area contributed by atoms with Gasteiger partial charge in [0.05, 0.1) is 11.1 Å². The molecule has 0 radical (unpaired) electrons. The van der Waals surface area contributed by atoms with E-state index in [1.54, 1.807) is 0 Å². The number of benzene rings is 2. The first-order chi connectivity index (χ1) is 11.1. The van der Waals surface area contributed by atoms with Crippen LogP contribution >= 0.6 is 12.1 Å². The minimum Gasteiger partial charge on any atom is -0.267 e. The topological polar surface area (TPSA) is 83.8 Å². The third kappa shape index (κ3) is 3.14. The van der Waals surface area contributed by atoms with E-state index in [2.05, 4.69) is 14.9 Å². The highest BCUT2D eigenvalue weighted by atomic mass is 32.2. The van der Waals surface area contributed by atoms with Crippen LogP contribution in [0.4, 0.5) is 0 Å². The van der Waals surface area contributed by atoms with Crippen LogP contribution in [0.2, 0.25) is 0 Å². The summed E-state index contributed by atoms with van der Waals surface area (Å²) in [4.78, 5) is 12.1. The van der Waals surface area contributed by atoms with Gasteiger partial charge in [0.25, 0.3) is 5.56 Å². The third-order valence-corrected chi connectivity index (χ3v) is 4.30. The largest absolute Gasteiger partial charge is 0.272 e. The molecule has 0 bridgehead atoms. The standard InChI is InChI=1S/C17H18N4OS/c1-10-7-14-15(8-11(10)2)17(22)21-20-16(14)13-5-3-12(4-6-13)9-19-23-18/h3-8,19H,9,18H2,1-2H3,(H,21,22). The molecule has 0 aliphatic heterocycles. The van der Waals surface area contributed by atoms with Crippen molar-refractivity contribution in [2.45, 2.75) is 20.4 Å². The van der Waals surface area contributed by atoms with E-state index < -0.39 is 0 Å². The monoisotopic (exact) mass is 326 g/mol. The van der Waals surface area contributed by atoms with Crippen molar-refractivity contribution in [1.82, 2.24) is 14.9 Å². The fraction of sp³-hybridized carbons (Fsp3) is 0.176. The van der Waals surface area contributed by atoms with Crippen LogP contribution < -0.4 is 15.4 Å². The van der Waals surface area contributed by atoms with E-state index in [1.165, 1.54) is 0 Å². The molecule has 0 fully saturated rings. The van der Waals surface area contributed by atoms with E-state index in [0.29, 0.717) is 11.9 Å². The van der Waals surface area contributed by atoms with Crippen LogP contribution in [0, 0.1) is 13.8 Å². The minimum absolute atomic E-state index is 0.160. The smallest absolute Gasteiger partial charge is 0.267 e. The minimum atomic E-state index is -0.160. The van der Waals surface area contributed by atoms with Crippen molar-refractivity contribution in [3.05, 3.63) is 63.4 Å². The summed E-state index contributed by atoms with van der Waals surface area (Å²) in [5.41, 5.74) is 4.97. The van der Waals surface area contributed by atoms with Gasteiger partial charge in [-0.15, -0.1) is 0 Å². The highest BCUT2D eigenvalue weighted by Gasteiger charge is 2.10. The molecule has 0 aliphatic carbocycles. The Kier molecular flexibility index (Phi) is 4.47. The number of rotatable bonds is 4. The Morgan fingerprint density at radius 1 is 1.13 bits per heavy atom. The highest BCUT2D eigenvalue weighted by Crippen LogP contribution is 2.26. The van der Waals surface area contributed by atoms with E-state index in [0.717, 1.165) is 45.5 Å². The number of aromatic amines is 1. The second-order valence-corrected chi connectivity index (χ2v) is 6.04. The van der Waals surface area contributed by atoms with Crippen molar-refractivity contribution in [3.8, 4) is 11.3 Å². The van der Waals surface area contributed by atoms with Gasteiger partial charge in [-0.05, 0) is 42.7 Å². The van der Waals surface area contributed by atoms with Crippen molar-refractivity contribution in [3.63, 3.8) is 0 Å². The van der Waals surface area contributed by atoms with Crippen molar-refractivity contribution in [2.75, 3.05) is 0 Å². The van der Waals surface area contributed by atoms with Crippen LogP contribution in [0.5, 0.6) is 0 Å². The van der Waals surface area contributed by atoms with Gasteiger partial charge >= 0.3 is 0 Å².